The van der Waals surface area contributed by atoms with Gasteiger partial charge in [0.05, 0.1) is 22.7 Å². The second-order valence-electron chi connectivity index (χ2n) is 10.4. The summed E-state index contributed by atoms with van der Waals surface area (Å²) in [5, 5.41) is 11.5. The van der Waals surface area contributed by atoms with Crippen LogP contribution in [-0.4, -0.2) is 83.8 Å². The Kier molecular flexibility index (Phi) is 5.86. The summed E-state index contributed by atoms with van der Waals surface area (Å²) in [5.74, 6) is -2.99. The SMILES string of the molecule is CN(CC1(CN2CCC(C(=O)O)CC2)CC1)c1cccc2c1C(=O)N(C1CCC(=O)NC1=O)C2=O. The van der Waals surface area contributed by atoms with Crippen LogP contribution in [0.25, 0.3) is 0 Å². The van der Waals surface area contributed by atoms with Gasteiger partial charge in [0.25, 0.3) is 11.8 Å². The zero-order valence-corrected chi connectivity index (χ0v) is 19.8. The van der Waals surface area contributed by atoms with Gasteiger partial charge in [-0.3, -0.25) is 34.2 Å². The number of benzene rings is 1. The van der Waals surface area contributed by atoms with Crippen LogP contribution in [-0.2, 0) is 14.4 Å². The zero-order valence-electron chi connectivity index (χ0n) is 19.8. The van der Waals surface area contributed by atoms with Crippen LogP contribution in [0.2, 0.25) is 0 Å². The van der Waals surface area contributed by atoms with E-state index in [4.69, 9.17) is 0 Å². The lowest BCUT2D eigenvalue weighted by molar-refractivity contribution is -0.143. The van der Waals surface area contributed by atoms with Crippen molar-refractivity contribution in [2.75, 3.05) is 38.1 Å². The Hall–Kier alpha value is -3.27. The predicted molar refractivity (Wildman–Crippen MR) is 125 cm³/mol. The second kappa shape index (κ2) is 8.75. The molecule has 186 valence electrons. The summed E-state index contributed by atoms with van der Waals surface area (Å²) < 4.78 is 0. The first-order valence-electron chi connectivity index (χ1n) is 12.2. The van der Waals surface area contributed by atoms with Crippen LogP contribution in [0.1, 0.15) is 59.2 Å². The normalized spacial score (nSPS) is 24.4. The number of nitrogens with one attached hydrogen (secondary N) is 1. The van der Waals surface area contributed by atoms with Crippen LogP contribution < -0.4 is 10.2 Å². The average Bonchev–Trinajstić information content (AvgIpc) is 3.52. The molecule has 4 amide bonds. The molecule has 1 aromatic carbocycles. The molecule has 1 atom stereocenters. The smallest absolute Gasteiger partial charge is 0.306 e. The van der Waals surface area contributed by atoms with Crippen LogP contribution in [0.15, 0.2) is 18.2 Å². The number of aliphatic carboxylic acids is 1. The van der Waals surface area contributed by atoms with Crippen molar-refractivity contribution in [2.45, 2.75) is 44.6 Å². The first-order valence-corrected chi connectivity index (χ1v) is 12.2. The molecule has 2 saturated heterocycles. The lowest BCUT2D eigenvalue weighted by atomic mass is 9.95. The Morgan fingerprint density at radius 2 is 1.83 bits per heavy atom. The van der Waals surface area contributed by atoms with Gasteiger partial charge >= 0.3 is 5.97 Å². The van der Waals surface area contributed by atoms with Crippen molar-refractivity contribution in [3.63, 3.8) is 0 Å². The first-order chi connectivity index (χ1) is 16.7. The van der Waals surface area contributed by atoms with Gasteiger partial charge in [-0.2, -0.15) is 0 Å². The molecule has 2 N–H and O–H groups in total. The van der Waals surface area contributed by atoms with E-state index in [1.54, 1.807) is 12.1 Å². The molecular weight excluding hydrogens is 452 g/mol. The number of carboxylic acids is 1. The highest BCUT2D eigenvalue weighted by Crippen LogP contribution is 2.48. The fourth-order valence-electron chi connectivity index (χ4n) is 5.76. The molecule has 10 nitrogen and oxygen atoms in total. The van der Waals surface area contributed by atoms with Crippen LogP contribution in [0.3, 0.4) is 0 Å². The van der Waals surface area contributed by atoms with E-state index in [9.17, 15) is 29.1 Å². The predicted octanol–water partition coefficient (Wildman–Crippen LogP) is 1.10. The number of piperidine rings is 2. The van der Waals surface area contributed by atoms with E-state index >= 15 is 0 Å². The van der Waals surface area contributed by atoms with Gasteiger partial charge in [0.1, 0.15) is 6.04 Å². The standard InChI is InChI=1S/C25H30N4O6/c1-27(13-25(9-10-25)14-28-11-7-15(8-12-28)24(34)35)17-4-2-3-16-20(17)23(33)29(22(16)32)18-5-6-19(30)26-21(18)31/h2-4,15,18H,5-14H2,1H3,(H,34,35)(H,26,30,31). The molecule has 4 aliphatic rings. The van der Waals surface area contributed by atoms with Crippen molar-refractivity contribution in [3.8, 4) is 0 Å². The van der Waals surface area contributed by atoms with Gasteiger partial charge in [0.15, 0.2) is 0 Å². The number of imide groups is 2. The summed E-state index contributed by atoms with van der Waals surface area (Å²) in [6.45, 7) is 3.14. The van der Waals surface area contributed by atoms with E-state index in [0.717, 1.165) is 37.4 Å². The number of amides is 4. The van der Waals surface area contributed by atoms with E-state index in [2.05, 4.69) is 10.2 Å². The quantitative estimate of drug-likeness (QED) is 0.553. The number of rotatable bonds is 7. The largest absolute Gasteiger partial charge is 0.481 e. The van der Waals surface area contributed by atoms with Crippen LogP contribution in [0, 0.1) is 11.3 Å². The molecule has 0 bridgehead atoms. The molecule has 10 heteroatoms. The Balaban J connectivity index is 1.30. The maximum absolute atomic E-state index is 13.4. The summed E-state index contributed by atoms with van der Waals surface area (Å²) in [4.78, 5) is 67.0. The molecule has 3 heterocycles. The van der Waals surface area contributed by atoms with Gasteiger partial charge < -0.3 is 14.9 Å². The minimum atomic E-state index is -0.984. The summed E-state index contributed by atoms with van der Waals surface area (Å²) in [5.41, 5.74) is 1.32. The molecule has 0 radical (unpaired) electrons. The number of hydrogen-bond acceptors (Lipinski definition) is 7. The summed E-state index contributed by atoms with van der Waals surface area (Å²) in [7, 11) is 1.92. The molecule has 35 heavy (non-hydrogen) atoms. The Morgan fingerprint density at radius 1 is 1.11 bits per heavy atom. The highest BCUT2D eigenvalue weighted by molar-refractivity contribution is 6.25. The minimum Gasteiger partial charge on any atom is -0.481 e. The van der Waals surface area contributed by atoms with Gasteiger partial charge in [0.2, 0.25) is 11.8 Å². The van der Waals surface area contributed by atoms with Crippen molar-refractivity contribution in [1.29, 1.82) is 0 Å². The zero-order chi connectivity index (χ0) is 24.9. The van der Waals surface area contributed by atoms with Gasteiger partial charge in [-0.1, -0.05) is 6.07 Å². The highest BCUT2D eigenvalue weighted by Gasteiger charge is 2.48. The van der Waals surface area contributed by atoms with Gasteiger partial charge in [0, 0.05) is 32.0 Å². The number of nitrogens with zero attached hydrogens (tertiary/aromatic N) is 3. The number of anilines is 1. The number of hydrogen-bond donors (Lipinski definition) is 2. The third-order valence-electron chi connectivity index (χ3n) is 7.88. The van der Waals surface area contributed by atoms with Gasteiger partial charge in [-0.05, 0) is 57.3 Å². The van der Waals surface area contributed by atoms with Crippen LogP contribution >= 0.6 is 0 Å². The first kappa shape index (κ1) is 23.5. The minimum absolute atomic E-state index is 0.0719. The number of fused-ring (bicyclic) bond motifs is 1. The van der Waals surface area contributed by atoms with E-state index in [1.807, 2.05) is 18.0 Å². The maximum Gasteiger partial charge on any atom is 0.306 e. The van der Waals surface area contributed by atoms with E-state index in [1.165, 1.54) is 0 Å². The number of carbonyl (C=O) groups is 5. The number of carboxylic acid groups (broad SMARTS) is 1. The molecule has 3 fully saturated rings. The number of likely N-dealkylation sites (tertiary alicyclic amines) is 1. The Labute approximate surface area is 203 Å². The third kappa shape index (κ3) is 4.31. The van der Waals surface area contributed by atoms with Crippen molar-refractivity contribution in [1.82, 2.24) is 15.1 Å². The Bertz CT molecular complexity index is 1110. The van der Waals surface area contributed by atoms with Gasteiger partial charge in [-0.25, -0.2) is 0 Å². The topological polar surface area (TPSA) is 127 Å². The van der Waals surface area contributed by atoms with Crippen molar-refractivity contribution in [2.24, 2.45) is 11.3 Å². The van der Waals surface area contributed by atoms with E-state index < -0.39 is 35.6 Å². The second-order valence-corrected chi connectivity index (χ2v) is 10.4. The summed E-state index contributed by atoms with van der Waals surface area (Å²) >= 11 is 0. The van der Waals surface area contributed by atoms with Crippen LogP contribution in [0.4, 0.5) is 5.69 Å². The lowest BCUT2D eigenvalue weighted by Crippen LogP contribution is -2.54. The fraction of sp³-hybridized carbons (Fsp3) is 0.560. The molecular formula is C25H30N4O6. The Morgan fingerprint density at radius 3 is 2.46 bits per heavy atom. The van der Waals surface area contributed by atoms with Crippen molar-refractivity contribution in [3.05, 3.63) is 29.3 Å². The number of carbonyl (C=O) groups excluding carboxylic acids is 4. The lowest BCUT2D eigenvalue weighted by Gasteiger charge is -2.35. The summed E-state index contributed by atoms with van der Waals surface area (Å²) in [6.07, 6.45) is 3.66. The van der Waals surface area contributed by atoms with Crippen LogP contribution in [0.5, 0.6) is 0 Å². The third-order valence-corrected chi connectivity index (χ3v) is 7.88. The highest BCUT2D eigenvalue weighted by atomic mass is 16.4. The maximum atomic E-state index is 13.4. The monoisotopic (exact) mass is 482 g/mol. The molecule has 0 aromatic heterocycles. The molecule has 1 aliphatic carbocycles. The molecule has 1 saturated carbocycles. The van der Waals surface area contributed by atoms with Crippen molar-refractivity contribution < 1.29 is 29.1 Å². The average molecular weight is 483 g/mol. The van der Waals surface area contributed by atoms with Crippen molar-refractivity contribution >= 4 is 35.3 Å². The summed E-state index contributed by atoms with van der Waals surface area (Å²) in [6, 6.07) is 4.20. The molecule has 0 spiro atoms. The molecule has 3 aliphatic heterocycles. The molecule has 1 unspecified atom stereocenters. The molecule has 5 rings (SSSR count). The molecule has 1 aromatic rings. The van der Waals surface area contributed by atoms with E-state index in [-0.39, 0.29) is 29.7 Å². The van der Waals surface area contributed by atoms with E-state index in [0.29, 0.717) is 30.6 Å². The van der Waals surface area contributed by atoms with Gasteiger partial charge in [-0.15, -0.1) is 0 Å². The fourth-order valence-corrected chi connectivity index (χ4v) is 5.76.